The molecule has 0 aliphatic carbocycles. The predicted molar refractivity (Wildman–Crippen MR) is 107 cm³/mol. The van der Waals surface area contributed by atoms with Crippen molar-refractivity contribution in [3.05, 3.63) is 71.3 Å². The number of nitrogens with zero attached hydrogens (tertiary/aromatic N) is 1. The standard InChI is InChI=1S/C20H25F2N3OS/c1-3-23-20(25-15(2)18-10-9-17(21)13-19(18)22)24-11-12-27(26)14-16-7-5-4-6-8-16/h4-10,13,15H,3,11-12,14H2,1-2H3,(H2,23,24,25). The molecule has 0 amide bonds. The van der Waals surface area contributed by atoms with E-state index < -0.39 is 28.5 Å². The fourth-order valence-electron chi connectivity index (χ4n) is 2.55. The summed E-state index contributed by atoms with van der Waals surface area (Å²) in [4.78, 5) is 4.41. The molecule has 2 aromatic rings. The van der Waals surface area contributed by atoms with Gasteiger partial charge >= 0.3 is 0 Å². The van der Waals surface area contributed by atoms with Crippen molar-refractivity contribution in [1.29, 1.82) is 0 Å². The van der Waals surface area contributed by atoms with Crippen molar-refractivity contribution in [2.24, 2.45) is 4.99 Å². The maximum atomic E-state index is 13.9. The van der Waals surface area contributed by atoms with Crippen LogP contribution in [0.15, 0.2) is 53.5 Å². The molecule has 0 spiro atoms. The Hall–Kier alpha value is -2.28. The van der Waals surface area contributed by atoms with E-state index in [1.54, 1.807) is 6.92 Å². The summed E-state index contributed by atoms with van der Waals surface area (Å²) in [6.45, 7) is 4.72. The molecule has 146 valence electrons. The first-order chi connectivity index (χ1) is 13.0. The SMILES string of the molecule is CCNC(=NCCS(=O)Cc1ccccc1)NC(C)c1ccc(F)cc1F. The van der Waals surface area contributed by atoms with E-state index in [0.29, 0.717) is 36.1 Å². The Bertz CT molecular complexity index is 784. The number of rotatable bonds is 8. The second kappa shape index (κ2) is 10.8. The monoisotopic (exact) mass is 393 g/mol. The third kappa shape index (κ3) is 7.09. The molecular formula is C20H25F2N3OS. The molecular weight excluding hydrogens is 368 g/mol. The van der Waals surface area contributed by atoms with Crippen LogP contribution in [0.3, 0.4) is 0 Å². The number of aliphatic imine (C=N–C) groups is 1. The molecule has 2 N–H and O–H groups in total. The minimum atomic E-state index is -1.01. The molecule has 0 saturated heterocycles. The van der Waals surface area contributed by atoms with Crippen LogP contribution in [0, 0.1) is 11.6 Å². The summed E-state index contributed by atoms with van der Waals surface area (Å²) in [6, 6.07) is 12.8. The lowest BCUT2D eigenvalue weighted by molar-refractivity contribution is 0.551. The first-order valence-corrected chi connectivity index (χ1v) is 10.4. The highest BCUT2D eigenvalue weighted by Crippen LogP contribution is 2.17. The molecule has 0 fully saturated rings. The van der Waals surface area contributed by atoms with Crippen molar-refractivity contribution in [2.45, 2.75) is 25.6 Å². The third-order valence-corrected chi connectivity index (χ3v) is 5.18. The Morgan fingerprint density at radius 2 is 1.93 bits per heavy atom. The first-order valence-electron chi connectivity index (χ1n) is 8.88. The fraction of sp³-hybridized carbons (Fsp3) is 0.350. The Balaban J connectivity index is 1.92. The van der Waals surface area contributed by atoms with E-state index in [9.17, 15) is 13.0 Å². The highest BCUT2D eigenvalue weighted by Gasteiger charge is 2.13. The van der Waals surface area contributed by atoms with Gasteiger partial charge in [0.1, 0.15) is 11.6 Å². The molecule has 0 saturated carbocycles. The van der Waals surface area contributed by atoms with Gasteiger partial charge in [0.05, 0.1) is 12.6 Å². The van der Waals surface area contributed by atoms with Gasteiger partial charge in [-0.3, -0.25) is 9.20 Å². The van der Waals surface area contributed by atoms with Crippen LogP contribution in [0.25, 0.3) is 0 Å². The Labute approximate surface area is 161 Å². The summed E-state index contributed by atoms with van der Waals surface area (Å²) in [6.07, 6.45) is 0. The molecule has 2 atom stereocenters. The Kier molecular flexibility index (Phi) is 8.39. The minimum absolute atomic E-state index is 0.356. The quantitative estimate of drug-likeness (QED) is 0.533. The van der Waals surface area contributed by atoms with Crippen LogP contribution in [-0.4, -0.2) is 29.0 Å². The molecule has 0 aliphatic heterocycles. The minimum Gasteiger partial charge on any atom is -0.357 e. The first kappa shape index (κ1) is 21.0. The molecule has 0 radical (unpaired) electrons. The van der Waals surface area contributed by atoms with Crippen LogP contribution in [-0.2, 0) is 16.6 Å². The molecule has 0 aliphatic rings. The maximum Gasteiger partial charge on any atom is 0.191 e. The highest BCUT2D eigenvalue weighted by atomic mass is 32.2. The van der Waals surface area contributed by atoms with Gasteiger partial charge in [0.2, 0.25) is 0 Å². The number of hydrogen-bond acceptors (Lipinski definition) is 2. The predicted octanol–water partition coefficient (Wildman–Crippen LogP) is 3.53. The zero-order valence-electron chi connectivity index (χ0n) is 15.5. The molecule has 2 rings (SSSR count). The van der Waals surface area contributed by atoms with Gasteiger partial charge in [0, 0.05) is 40.5 Å². The molecule has 27 heavy (non-hydrogen) atoms. The molecule has 4 nitrogen and oxygen atoms in total. The topological polar surface area (TPSA) is 53.5 Å². The van der Waals surface area contributed by atoms with E-state index in [1.165, 1.54) is 12.1 Å². The van der Waals surface area contributed by atoms with Crippen molar-refractivity contribution in [3.63, 3.8) is 0 Å². The average molecular weight is 394 g/mol. The fourth-order valence-corrected chi connectivity index (χ4v) is 3.55. The number of halogens is 2. The van der Waals surface area contributed by atoms with Crippen LogP contribution in [0.5, 0.6) is 0 Å². The van der Waals surface area contributed by atoms with Gasteiger partial charge in [-0.1, -0.05) is 36.4 Å². The highest BCUT2D eigenvalue weighted by molar-refractivity contribution is 7.84. The van der Waals surface area contributed by atoms with E-state index in [4.69, 9.17) is 0 Å². The van der Waals surface area contributed by atoms with E-state index in [0.717, 1.165) is 11.6 Å². The van der Waals surface area contributed by atoms with Crippen molar-refractivity contribution >= 4 is 16.8 Å². The summed E-state index contributed by atoms with van der Waals surface area (Å²) >= 11 is 0. The lowest BCUT2D eigenvalue weighted by Crippen LogP contribution is -2.39. The molecule has 7 heteroatoms. The van der Waals surface area contributed by atoms with Crippen molar-refractivity contribution in [3.8, 4) is 0 Å². The van der Waals surface area contributed by atoms with Gasteiger partial charge in [-0.25, -0.2) is 8.78 Å². The molecule has 0 bridgehead atoms. The smallest absolute Gasteiger partial charge is 0.191 e. The molecule has 0 heterocycles. The largest absolute Gasteiger partial charge is 0.357 e. The van der Waals surface area contributed by atoms with Crippen molar-refractivity contribution < 1.29 is 13.0 Å². The van der Waals surface area contributed by atoms with Gasteiger partial charge in [0.15, 0.2) is 5.96 Å². The average Bonchev–Trinajstić information content (AvgIpc) is 2.62. The number of hydrogen-bond donors (Lipinski definition) is 2. The van der Waals surface area contributed by atoms with Gasteiger partial charge < -0.3 is 10.6 Å². The maximum absolute atomic E-state index is 13.9. The van der Waals surface area contributed by atoms with Gasteiger partial charge in [-0.15, -0.1) is 0 Å². The summed E-state index contributed by atoms with van der Waals surface area (Å²) < 4.78 is 39.2. The summed E-state index contributed by atoms with van der Waals surface area (Å²) in [5.41, 5.74) is 1.39. The van der Waals surface area contributed by atoms with Crippen LogP contribution in [0.1, 0.15) is 31.0 Å². The van der Waals surface area contributed by atoms with Crippen molar-refractivity contribution in [1.82, 2.24) is 10.6 Å². The zero-order valence-corrected chi connectivity index (χ0v) is 16.4. The van der Waals surface area contributed by atoms with Gasteiger partial charge in [-0.05, 0) is 25.5 Å². The van der Waals surface area contributed by atoms with Gasteiger partial charge in [-0.2, -0.15) is 0 Å². The van der Waals surface area contributed by atoms with Gasteiger partial charge in [0.25, 0.3) is 0 Å². The Morgan fingerprint density at radius 1 is 1.19 bits per heavy atom. The van der Waals surface area contributed by atoms with Crippen LogP contribution >= 0.6 is 0 Å². The van der Waals surface area contributed by atoms with E-state index in [2.05, 4.69) is 15.6 Å². The van der Waals surface area contributed by atoms with E-state index in [-0.39, 0.29) is 0 Å². The van der Waals surface area contributed by atoms with E-state index in [1.807, 2.05) is 37.3 Å². The Morgan fingerprint density at radius 3 is 2.59 bits per heavy atom. The van der Waals surface area contributed by atoms with Crippen LogP contribution in [0.4, 0.5) is 8.78 Å². The second-order valence-corrected chi connectivity index (χ2v) is 7.64. The summed E-state index contributed by atoms with van der Waals surface area (Å²) in [5.74, 6) is 0.229. The number of guanidine groups is 1. The third-order valence-electron chi connectivity index (χ3n) is 3.89. The summed E-state index contributed by atoms with van der Waals surface area (Å²) in [5, 5.41) is 6.18. The summed E-state index contributed by atoms with van der Waals surface area (Å²) in [7, 11) is -1.01. The lowest BCUT2D eigenvalue weighted by Gasteiger charge is -2.18. The molecule has 2 aromatic carbocycles. The van der Waals surface area contributed by atoms with Crippen molar-refractivity contribution in [2.75, 3.05) is 18.8 Å². The second-order valence-electron chi connectivity index (χ2n) is 6.07. The number of benzene rings is 2. The lowest BCUT2D eigenvalue weighted by atomic mass is 10.1. The molecule has 2 unspecified atom stereocenters. The number of nitrogens with one attached hydrogen (secondary N) is 2. The van der Waals surface area contributed by atoms with Crippen LogP contribution < -0.4 is 10.6 Å². The molecule has 0 aromatic heterocycles. The van der Waals surface area contributed by atoms with E-state index >= 15 is 0 Å². The van der Waals surface area contributed by atoms with Crippen LogP contribution in [0.2, 0.25) is 0 Å². The normalized spacial score (nSPS) is 13.9. The zero-order chi connectivity index (χ0) is 19.6.